The van der Waals surface area contributed by atoms with E-state index >= 15 is 0 Å². The van der Waals surface area contributed by atoms with Crippen molar-refractivity contribution in [2.24, 2.45) is 0 Å². The smallest absolute Gasteiger partial charge is 0.141 e. The first-order valence-electron chi connectivity index (χ1n) is 6.98. The predicted molar refractivity (Wildman–Crippen MR) is 86.8 cm³/mol. The first-order valence-corrected chi connectivity index (χ1v) is 7.97. The van der Waals surface area contributed by atoms with E-state index in [4.69, 9.17) is 0 Å². The monoisotopic (exact) mass is 304 g/mol. The molecular formula is C17H21FN2S. The molecule has 0 bridgehead atoms. The summed E-state index contributed by atoms with van der Waals surface area (Å²) in [7, 11) is 0. The predicted octanol–water partition coefficient (Wildman–Crippen LogP) is 4.40. The lowest BCUT2D eigenvalue weighted by Gasteiger charge is -2.20. The molecule has 0 fully saturated rings. The van der Waals surface area contributed by atoms with E-state index in [1.807, 2.05) is 0 Å². The highest BCUT2D eigenvalue weighted by Crippen LogP contribution is 2.23. The average molecular weight is 304 g/mol. The minimum absolute atomic E-state index is 0.108. The molecule has 0 radical (unpaired) electrons. The van der Waals surface area contributed by atoms with Gasteiger partial charge in [-0.15, -0.1) is 11.8 Å². The van der Waals surface area contributed by atoms with Crippen LogP contribution in [0, 0.1) is 5.82 Å². The van der Waals surface area contributed by atoms with Gasteiger partial charge in [-0.3, -0.25) is 4.98 Å². The summed E-state index contributed by atoms with van der Waals surface area (Å²) in [6, 6.07) is 9.97. The van der Waals surface area contributed by atoms with E-state index in [0.29, 0.717) is 0 Å². The van der Waals surface area contributed by atoms with Crippen LogP contribution in [0.5, 0.6) is 0 Å². The summed E-state index contributed by atoms with van der Waals surface area (Å²) in [6.07, 6.45) is 2.94. The highest BCUT2D eigenvalue weighted by Gasteiger charge is 2.08. The van der Waals surface area contributed by atoms with Crippen LogP contribution in [0.1, 0.15) is 31.9 Å². The molecular weight excluding hydrogens is 283 g/mol. The average Bonchev–Trinajstić information content (AvgIpc) is 2.43. The molecule has 1 N–H and O–H groups in total. The van der Waals surface area contributed by atoms with Gasteiger partial charge in [-0.05, 0) is 50.1 Å². The number of hydrogen-bond donors (Lipinski definition) is 1. The van der Waals surface area contributed by atoms with Gasteiger partial charge in [0.15, 0.2) is 0 Å². The fourth-order valence-corrected chi connectivity index (χ4v) is 2.71. The Hall–Kier alpha value is -1.39. The van der Waals surface area contributed by atoms with E-state index < -0.39 is 0 Å². The van der Waals surface area contributed by atoms with Gasteiger partial charge in [0, 0.05) is 28.9 Å². The quantitative estimate of drug-likeness (QED) is 0.829. The summed E-state index contributed by atoms with van der Waals surface area (Å²) in [6.45, 7) is 7.31. The molecule has 0 atom stereocenters. The Morgan fingerprint density at radius 2 is 1.95 bits per heavy atom. The van der Waals surface area contributed by atoms with E-state index in [1.54, 1.807) is 18.0 Å². The number of hydrogen-bond acceptors (Lipinski definition) is 3. The van der Waals surface area contributed by atoms with Gasteiger partial charge < -0.3 is 5.32 Å². The third kappa shape index (κ3) is 5.86. The highest BCUT2D eigenvalue weighted by molar-refractivity contribution is 7.98. The zero-order chi connectivity index (χ0) is 15.3. The molecule has 112 valence electrons. The first kappa shape index (κ1) is 16.0. The van der Waals surface area contributed by atoms with Gasteiger partial charge in [-0.1, -0.05) is 12.1 Å². The number of nitrogens with one attached hydrogen (secondary N) is 1. The Morgan fingerprint density at radius 3 is 2.67 bits per heavy atom. The van der Waals surface area contributed by atoms with Crippen molar-refractivity contribution in [1.82, 2.24) is 10.3 Å². The van der Waals surface area contributed by atoms with Crippen LogP contribution in [0.25, 0.3) is 0 Å². The van der Waals surface area contributed by atoms with Crippen molar-refractivity contribution < 1.29 is 4.39 Å². The fourth-order valence-electron chi connectivity index (χ4n) is 1.81. The van der Waals surface area contributed by atoms with Crippen LogP contribution >= 0.6 is 11.8 Å². The van der Waals surface area contributed by atoms with Gasteiger partial charge in [-0.25, -0.2) is 4.39 Å². The zero-order valence-corrected chi connectivity index (χ0v) is 13.5. The molecule has 1 aromatic heterocycles. The molecule has 0 aliphatic carbocycles. The molecule has 0 spiro atoms. The van der Waals surface area contributed by atoms with Crippen LogP contribution in [0.3, 0.4) is 0 Å². The summed E-state index contributed by atoms with van der Waals surface area (Å²) in [4.78, 5) is 5.06. The second-order valence-corrected chi connectivity index (χ2v) is 7.10. The Labute approximate surface area is 130 Å². The standard InChI is InChI=1S/C17H21FN2S/c1-17(2,3)20-10-13-5-4-6-16(8-13)21-12-14-7-15(18)11-19-9-14/h4-9,11,20H,10,12H2,1-3H3. The lowest BCUT2D eigenvalue weighted by atomic mass is 10.1. The lowest BCUT2D eigenvalue weighted by molar-refractivity contribution is 0.424. The first-order chi connectivity index (χ1) is 9.92. The van der Waals surface area contributed by atoms with Crippen LogP contribution in [-0.4, -0.2) is 10.5 Å². The van der Waals surface area contributed by atoms with Crippen LogP contribution in [0.15, 0.2) is 47.6 Å². The summed E-state index contributed by atoms with van der Waals surface area (Å²) in [5.41, 5.74) is 2.27. The van der Waals surface area contributed by atoms with Crippen molar-refractivity contribution in [3.63, 3.8) is 0 Å². The molecule has 2 nitrogen and oxygen atoms in total. The third-order valence-corrected chi connectivity index (χ3v) is 3.95. The number of rotatable bonds is 5. The maximum absolute atomic E-state index is 13.1. The second kappa shape index (κ2) is 7.05. The highest BCUT2D eigenvalue weighted by atomic mass is 32.2. The topological polar surface area (TPSA) is 24.9 Å². The molecule has 0 amide bonds. The van der Waals surface area contributed by atoms with Crippen LogP contribution in [0.4, 0.5) is 4.39 Å². The van der Waals surface area contributed by atoms with Crippen molar-refractivity contribution >= 4 is 11.8 Å². The molecule has 1 aromatic carbocycles. The molecule has 0 saturated heterocycles. The molecule has 0 unspecified atom stereocenters. The van der Waals surface area contributed by atoms with Gasteiger partial charge in [0.1, 0.15) is 5.82 Å². The Kier molecular flexibility index (Phi) is 5.37. The summed E-state index contributed by atoms with van der Waals surface area (Å²) in [5, 5.41) is 3.48. The maximum Gasteiger partial charge on any atom is 0.141 e. The second-order valence-electron chi connectivity index (χ2n) is 6.05. The largest absolute Gasteiger partial charge is 0.308 e. The Balaban J connectivity index is 1.95. The molecule has 1 heterocycles. The van der Waals surface area contributed by atoms with Crippen molar-refractivity contribution in [2.75, 3.05) is 0 Å². The fraction of sp³-hybridized carbons (Fsp3) is 0.353. The van der Waals surface area contributed by atoms with E-state index in [0.717, 1.165) is 17.9 Å². The van der Waals surface area contributed by atoms with Crippen molar-refractivity contribution in [2.45, 2.75) is 43.5 Å². The minimum Gasteiger partial charge on any atom is -0.308 e. The van der Waals surface area contributed by atoms with Gasteiger partial charge >= 0.3 is 0 Å². The van der Waals surface area contributed by atoms with Gasteiger partial charge in [-0.2, -0.15) is 0 Å². The third-order valence-electron chi connectivity index (χ3n) is 2.89. The molecule has 0 aliphatic heterocycles. The van der Waals surface area contributed by atoms with Gasteiger partial charge in [0.05, 0.1) is 6.20 Å². The van der Waals surface area contributed by atoms with Crippen molar-refractivity contribution in [3.05, 3.63) is 59.7 Å². The van der Waals surface area contributed by atoms with Gasteiger partial charge in [0.25, 0.3) is 0 Å². The molecule has 0 aliphatic rings. The van der Waals surface area contributed by atoms with Crippen molar-refractivity contribution in [3.8, 4) is 0 Å². The molecule has 2 aromatic rings. The molecule has 4 heteroatoms. The Morgan fingerprint density at radius 1 is 1.14 bits per heavy atom. The number of pyridine rings is 1. The summed E-state index contributed by atoms with van der Waals surface area (Å²) >= 11 is 1.70. The van der Waals surface area contributed by atoms with E-state index in [1.165, 1.54) is 22.7 Å². The number of benzene rings is 1. The maximum atomic E-state index is 13.1. The lowest BCUT2D eigenvalue weighted by Crippen LogP contribution is -2.35. The SMILES string of the molecule is CC(C)(C)NCc1cccc(SCc2cncc(F)c2)c1. The normalized spacial score (nSPS) is 11.6. The Bertz CT molecular complexity index is 593. The van der Waals surface area contributed by atoms with E-state index in [9.17, 15) is 4.39 Å². The van der Waals surface area contributed by atoms with E-state index in [2.05, 4.69) is 55.3 Å². The summed E-state index contributed by atoms with van der Waals surface area (Å²) < 4.78 is 13.1. The van der Waals surface area contributed by atoms with Crippen LogP contribution in [0.2, 0.25) is 0 Å². The summed E-state index contributed by atoms with van der Waals surface area (Å²) in [5.74, 6) is 0.442. The number of aromatic nitrogens is 1. The number of thioether (sulfide) groups is 1. The van der Waals surface area contributed by atoms with E-state index in [-0.39, 0.29) is 11.4 Å². The minimum atomic E-state index is -0.281. The molecule has 21 heavy (non-hydrogen) atoms. The van der Waals surface area contributed by atoms with Crippen LogP contribution in [-0.2, 0) is 12.3 Å². The number of halogens is 1. The van der Waals surface area contributed by atoms with Gasteiger partial charge in [0.2, 0.25) is 0 Å². The molecule has 0 saturated carbocycles. The van der Waals surface area contributed by atoms with Crippen molar-refractivity contribution in [1.29, 1.82) is 0 Å². The van der Waals surface area contributed by atoms with Crippen LogP contribution < -0.4 is 5.32 Å². The zero-order valence-electron chi connectivity index (χ0n) is 12.7. The molecule has 2 rings (SSSR count). The number of nitrogens with zero attached hydrogens (tertiary/aromatic N) is 1.